The number of nitrogens with zero attached hydrogens (tertiary/aromatic N) is 1. The van der Waals surface area contributed by atoms with Gasteiger partial charge < -0.3 is 4.90 Å². The molecule has 0 amide bonds. The second-order valence-electron chi connectivity index (χ2n) is 5.36. The molecule has 0 unspecified atom stereocenters. The highest BCUT2D eigenvalue weighted by Crippen LogP contribution is 2.35. The molecule has 1 saturated heterocycles. The van der Waals surface area contributed by atoms with Crippen LogP contribution >= 0.6 is 38.9 Å². The monoisotopic (exact) mass is 448 g/mol. The van der Waals surface area contributed by atoms with Gasteiger partial charge in [-0.3, -0.25) is 9.52 Å². The third-order valence-electron chi connectivity index (χ3n) is 3.68. The lowest BCUT2D eigenvalue weighted by molar-refractivity contribution is -0.119. The number of ketones is 1. The van der Waals surface area contributed by atoms with Gasteiger partial charge in [-0.1, -0.05) is 11.6 Å². The summed E-state index contributed by atoms with van der Waals surface area (Å²) in [5.41, 5.74) is 1.45. The molecular weight excluding hydrogens is 436 g/mol. The van der Waals surface area contributed by atoms with Crippen molar-refractivity contribution in [2.75, 3.05) is 22.7 Å². The number of carbonyl (C=O) groups is 1. The molecular formula is C15H14BrClN2O3S2. The topological polar surface area (TPSA) is 66.5 Å². The van der Waals surface area contributed by atoms with E-state index in [-0.39, 0.29) is 9.99 Å². The van der Waals surface area contributed by atoms with E-state index in [1.54, 1.807) is 18.2 Å². The van der Waals surface area contributed by atoms with Crippen LogP contribution in [0.3, 0.4) is 0 Å². The van der Waals surface area contributed by atoms with Gasteiger partial charge in [0.05, 0.1) is 8.81 Å². The van der Waals surface area contributed by atoms with Gasteiger partial charge in [0, 0.05) is 37.3 Å². The molecule has 1 N–H and O–H groups in total. The SMILES string of the molecule is O=C1CCN(c2ccc(NS(=O)(=O)c3sc(Cl)cc3Br)cc2)CC1. The first kappa shape index (κ1) is 17.7. The number of sulfonamides is 1. The van der Waals surface area contributed by atoms with Crippen molar-refractivity contribution in [2.24, 2.45) is 0 Å². The first-order valence-corrected chi connectivity index (χ1v) is 10.7. The van der Waals surface area contributed by atoms with Crippen molar-refractivity contribution in [1.29, 1.82) is 0 Å². The smallest absolute Gasteiger partial charge is 0.272 e. The van der Waals surface area contributed by atoms with Gasteiger partial charge in [-0.15, -0.1) is 11.3 Å². The number of hydrogen-bond donors (Lipinski definition) is 1. The van der Waals surface area contributed by atoms with Crippen LogP contribution in [0.4, 0.5) is 11.4 Å². The molecule has 0 saturated carbocycles. The van der Waals surface area contributed by atoms with E-state index >= 15 is 0 Å². The number of halogens is 2. The van der Waals surface area contributed by atoms with E-state index in [1.165, 1.54) is 0 Å². The second kappa shape index (κ2) is 7.03. The number of rotatable bonds is 4. The number of benzene rings is 1. The zero-order valence-electron chi connectivity index (χ0n) is 12.5. The predicted octanol–water partition coefficient (Wildman–Crippen LogP) is 4.13. The summed E-state index contributed by atoms with van der Waals surface area (Å²) in [7, 11) is -3.69. The van der Waals surface area contributed by atoms with E-state index in [9.17, 15) is 13.2 Å². The Bertz CT molecular complexity index is 855. The Labute approximate surface area is 157 Å². The molecule has 0 aliphatic carbocycles. The maximum atomic E-state index is 12.4. The van der Waals surface area contributed by atoms with Crippen LogP contribution in [0.1, 0.15) is 12.8 Å². The maximum Gasteiger partial charge on any atom is 0.272 e. The number of nitrogens with one attached hydrogen (secondary N) is 1. The Morgan fingerprint density at radius 2 is 1.79 bits per heavy atom. The summed E-state index contributed by atoms with van der Waals surface area (Å²) < 4.78 is 28.4. The van der Waals surface area contributed by atoms with Crippen molar-refractivity contribution in [1.82, 2.24) is 0 Å². The van der Waals surface area contributed by atoms with Crippen molar-refractivity contribution >= 4 is 66.0 Å². The minimum atomic E-state index is -3.69. The molecule has 1 aliphatic rings. The van der Waals surface area contributed by atoms with E-state index < -0.39 is 10.0 Å². The van der Waals surface area contributed by atoms with Gasteiger partial charge in [0.2, 0.25) is 0 Å². The Morgan fingerprint density at radius 1 is 1.17 bits per heavy atom. The van der Waals surface area contributed by atoms with Gasteiger partial charge >= 0.3 is 0 Å². The molecule has 1 aliphatic heterocycles. The zero-order chi connectivity index (χ0) is 17.3. The molecule has 0 bridgehead atoms. The fourth-order valence-corrected chi connectivity index (χ4v) is 6.54. The molecule has 1 fully saturated rings. The molecule has 2 heterocycles. The first-order chi connectivity index (χ1) is 11.3. The van der Waals surface area contributed by atoms with E-state index in [0.29, 0.717) is 40.4 Å². The highest BCUT2D eigenvalue weighted by atomic mass is 79.9. The lowest BCUT2D eigenvalue weighted by Crippen LogP contribution is -2.33. The average Bonchev–Trinajstić information content (AvgIpc) is 2.88. The van der Waals surface area contributed by atoms with Crippen molar-refractivity contribution in [3.63, 3.8) is 0 Å². The van der Waals surface area contributed by atoms with Crippen LogP contribution in [-0.2, 0) is 14.8 Å². The fraction of sp³-hybridized carbons (Fsp3) is 0.267. The minimum Gasteiger partial charge on any atom is -0.371 e. The van der Waals surface area contributed by atoms with Gasteiger partial charge in [-0.05, 0) is 46.3 Å². The summed E-state index contributed by atoms with van der Waals surface area (Å²) in [6.07, 6.45) is 1.11. The van der Waals surface area contributed by atoms with Crippen LogP contribution in [0.25, 0.3) is 0 Å². The Hall–Kier alpha value is -1.09. The van der Waals surface area contributed by atoms with Crippen molar-refractivity contribution < 1.29 is 13.2 Å². The number of piperidine rings is 1. The molecule has 1 aromatic heterocycles. The molecule has 2 aromatic rings. The molecule has 128 valence electrons. The normalized spacial score (nSPS) is 15.6. The van der Waals surface area contributed by atoms with E-state index in [0.717, 1.165) is 17.0 Å². The molecule has 5 nitrogen and oxygen atoms in total. The summed E-state index contributed by atoms with van der Waals surface area (Å²) in [6, 6.07) is 8.69. The lowest BCUT2D eigenvalue weighted by Gasteiger charge is -2.28. The number of anilines is 2. The van der Waals surface area contributed by atoms with Crippen LogP contribution in [-0.4, -0.2) is 27.3 Å². The molecule has 24 heavy (non-hydrogen) atoms. The third-order valence-corrected chi connectivity index (χ3v) is 8.01. The molecule has 1 aromatic carbocycles. The van der Waals surface area contributed by atoms with E-state index in [4.69, 9.17) is 11.6 Å². The van der Waals surface area contributed by atoms with Gasteiger partial charge in [0.1, 0.15) is 5.78 Å². The van der Waals surface area contributed by atoms with Crippen LogP contribution in [0.5, 0.6) is 0 Å². The van der Waals surface area contributed by atoms with Crippen LogP contribution in [0.15, 0.2) is 39.0 Å². The van der Waals surface area contributed by atoms with Crippen LogP contribution in [0, 0.1) is 0 Å². The number of Topliss-reactive ketones (excluding diaryl/α,β-unsaturated/α-hetero) is 1. The van der Waals surface area contributed by atoms with Gasteiger partial charge in [0.15, 0.2) is 4.21 Å². The number of thiophene rings is 1. The maximum absolute atomic E-state index is 12.4. The largest absolute Gasteiger partial charge is 0.371 e. The minimum absolute atomic E-state index is 0.145. The molecule has 9 heteroatoms. The molecule has 0 radical (unpaired) electrons. The molecule has 3 rings (SSSR count). The van der Waals surface area contributed by atoms with Gasteiger partial charge in [0.25, 0.3) is 10.0 Å². The first-order valence-electron chi connectivity index (χ1n) is 7.19. The van der Waals surface area contributed by atoms with Crippen molar-refractivity contribution in [2.45, 2.75) is 17.1 Å². The number of carbonyl (C=O) groups excluding carboxylic acids is 1. The Morgan fingerprint density at radius 3 is 2.33 bits per heavy atom. The average molecular weight is 450 g/mol. The Balaban J connectivity index is 1.74. The quantitative estimate of drug-likeness (QED) is 0.762. The molecule has 0 spiro atoms. The zero-order valence-corrected chi connectivity index (χ0v) is 16.4. The summed E-state index contributed by atoms with van der Waals surface area (Å²) in [6.45, 7) is 1.40. The Kier molecular flexibility index (Phi) is 5.19. The third kappa shape index (κ3) is 3.93. The van der Waals surface area contributed by atoms with E-state index in [2.05, 4.69) is 25.6 Å². The number of hydrogen-bond acceptors (Lipinski definition) is 5. The van der Waals surface area contributed by atoms with Gasteiger partial charge in [-0.2, -0.15) is 0 Å². The standard InChI is InChI=1S/C15H14BrClN2O3S2/c16-13-9-14(17)23-15(13)24(21,22)18-10-1-3-11(4-2-10)19-7-5-12(20)6-8-19/h1-4,9,18H,5-8H2. The summed E-state index contributed by atoms with van der Waals surface area (Å²) in [5.74, 6) is 0.288. The van der Waals surface area contributed by atoms with Crippen molar-refractivity contribution in [3.05, 3.63) is 39.1 Å². The predicted molar refractivity (Wildman–Crippen MR) is 101 cm³/mol. The van der Waals surface area contributed by atoms with E-state index in [1.807, 2.05) is 12.1 Å². The summed E-state index contributed by atoms with van der Waals surface area (Å²) >= 11 is 10.1. The fourth-order valence-electron chi connectivity index (χ4n) is 2.46. The van der Waals surface area contributed by atoms with Crippen LogP contribution < -0.4 is 9.62 Å². The van der Waals surface area contributed by atoms with Crippen LogP contribution in [0.2, 0.25) is 4.34 Å². The van der Waals surface area contributed by atoms with Crippen molar-refractivity contribution in [3.8, 4) is 0 Å². The lowest BCUT2D eigenvalue weighted by atomic mass is 10.1. The highest BCUT2D eigenvalue weighted by molar-refractivity contribution is 9.10. The highest BCUT2D eigenvalue weighted by Gasteiger charge is 2.21. The molecule has 0 atom stereocenters. The summed E-state index contributed by atoms with van der Waals surface area (Å²) in [5, 5.41) is 0. The summed E-state index contributed by atoms with van der Waals surface area (Å²) in [4.78, 5) is 13.4. The second-order valence-corrected chi connectivity index (χ2v) is 9.78. The van der Waals surface area contributed by atoms with Gasteiger partial charge in [-0.25, -0.2) is 8.42 Å².